The molecule has 2 rings (SSSR count). The summed E-state index contributed by atoms with van der Waals surface area (Å²) in [6.45, 7) is 6.35. The van der Waals surface area contributed by atoms with Gasteiger partial charge in [0.1, 0.15) is 12.0 Å². The summed E-state index contributed by atoms with van der Waals surface area (Å²) in [7, 11) is 0. The highest BCUT2D eigenvalue weighted by Gasteiger charge is 2.16. The van der Waals surface area contributed by atoms with E-state index < -0.39 is 4.92 Å². The number of aromatic nitrogens is 1. The van der Waals surface area contributed by atoms with Crippen molar-refractivity contribution in [2.45, 2.75) is 13.0 Å². The monoisotopic (exact) mass is 344 g/mol. The summed E-state index contributed by atoms with van der Waals surface area (Å²) in [6.07, 6.45) is 1.26. The van der Waals surface area contributed by atoms with Gasteiger partial charge in [0.25, 0.3) is 5.69 Å². The molecule has 1 N–H and O–H groups in total. The van der Waals surface area contributed by atoms with Crippen LogP contribution in [0.2, 0.25) is 0 Å². The Labute approximate surface area is 125 Å². The lowest BCUT2D eigenvalue weighted by Crippen LogP contribution is -2.42. The molecule has 0 amide bonds. The van der Waals surface area contributed by atoms with E-state index in [0.717, 1.165) is 32.8 Å². The standard InChI is InChI=1S/C12H17BrN4O3/c1-9(8-16-2-4-20-5-3-16)15-12-11(13)6-10(7-14-12)17(18)19/h6-7,9H,2-5,8H2,1H3,(H,14,15). The highest BCUT2D eigenvalue weighted by atomic mass is 79.9. The fourth-order valence-corrected chi connectivity index (χ4v) is 2.54. The molecular weight excluding hydrogens is 328 g/mol. The van der Waals surface area contributed by atoms with E-state index in [1.807, 2.05) is 0 Å². The quantitative estimate of drug-likeness (QED) is 0.648. The average molecular weight is 345 g/mol. The van der Waals surface area contributed by atoms with Gasteiger partial charge in [0.15, 0.2) is 0 Å². The summed E-state index contributed by atoms with van der Waals surface area (Å²) in [5.41, 5.74) is -0.0248. The maximum Gasteiger partial charge on any atom is 0.288 e. The molecule has 0 saturated carbocycles. The Kier molecular flexibility index (Phi) is 5.27. The molecule has 2 heterocycles. The van der Waals surface area contributed by atoms with E-state index in [1.165, 1.54) is 12.3 Å². The molecule has 1 aliphatic heterocycles. The van der Waals surface area contributed by atoms with Crippen LogP contribution in [0.15, 0.2) is 16.7 Å². The van der Waals surface area contributed by atoms with E-state index in [1.54, 1.807) is 0 Å². The zero-order valence-corrected chi connectivity index (χ0v) is 12.8. The first-order valence-electron chi connectivity index (χ1n) is 6.43. The molecule has 1 unspecified atom stereocenters. The third kappa shape index (κ3) is 4.12. The maximum atomic E-state index is 10.7. The Bertz CT molecular complexity index is 480. The van der Waals surface area contributed by atoms with Crippen molar-refractivity contribution in [3.8, 4) is 0 Å². The average Bonchev–Trinajstić information content (AvgIpc) is 2.42. The number of ether oxygens (including phenoxy) is 1. The van der Waals surface area contributed by atoms with Gasteiger partial charge in [0.05, 0.1) is 22.6 Å². The van der Waals surface area contributed by atoms with Gasteiger partial charge in [-0.2, -0.15) is 0 Å². The maximum absolute atomic E-state index is 10.7. The number of nitrogens with zero attached hydrogens (tertiary/aromatic N) is 3. The first-order valence-corrected chi connectivity index (χ1v) is 7.22. The van der Waals surface area contributed by atoms with E-state index in [4.69, 9.17) is 4.74 Å². The number of nitro groups is 1. The van der Waals surface area contributed by atoms with Gasteiger partial charge in [0.2, 0.25) is 0 Å². The molecule has 1 fully saturated rings. The van der Waals surface area contributed by atoms with Crippen LogP contribution in [0.1, 0.15) is 6.92 Å². The second kappa shape index (κ2) is 6.96. The fourth-order valence-electron chi connectivity index (χ4n) is 2.08. The Morgan fingerprint density at radius 2 is 2.30 bits per heavy atom. The summed E-state index contributed by atoms with van der Waals surface area (Å²) in [5, 5.41) is 13.9. The van der Waals surface area contributed by atoms with Gasteiger partial charge in [-0.1, -0.05) is 0 Å². The van der Waals surface area contributed by atoms with E-state index in [-0.39, 0.29) is 11.7 Å². The summed E-state index contributed by atoms with van der Waals surface area (Å²) >= 11 is 3.31. The van der Waals surface area contributed by atoms with Crippen LogP contribution in [0.4, 0.5) is 11.5 Å². The molecular formula is C12H17BrN4O3. The van der Waals surface area contributed by atoms with Crippen LogP contribution in [0, 0.1) is 10.1 Å². The number of rotatable bonds is 5. The molecule has 1 saturated heterocycles. The van der Waals surface area contributed by atoms with Gasteiger partial charge in [-0.3, -0.25) is 15.0 Å². The van der Waals surface area contributed by atoms with E-state index >= 15 is 0 Å². The van der Waals surface area contributed by atoms with Crippen LogP contribution in [-0.2, 0) is 4.74 Å². The van der Waals surface area contributed by atoms with Gasteiger partial charge in [-0.25, -0.2) is 4.98 Å². The van der Waals surface area contributed by atoms with Crippen LogP contribution < -0.4 is 5.32 Å². The molecule has 1 aromatic rings. The van der Waals surface area contributed by atoms with Gasteiger partial charge in [-0.05, 0) is 22.9 Å². The summed E-state index contributed by atoms with van der Waals surface area (Å²) < 4.78 is 5.91. The number of pyridine rings is 1. The minimum absolute atomic E-state index is 0.0248. The minimum atomic E-state index is -0.460. The van der Waals surface area contributed by atoms with E-state index in [9.17, 15) is 10.1 Å². The summed E-state index contributed by atoms with van der Waals surface area (Å²) in [6, 6.07) is 1.65. The zero-order chi connectivity index (χ0) is 14.5. The largest absolute Gasteiger partial charge is 0.379 e. The molecule has 1 aromatic heterocycles. The van der Waals surface area contributed by atoms with Crippen molar-refractivity contribution in [1.82, 2.24) is 9.88 Å². The Balaban J connectivity index is 1.93. The zero-order valence-electron chi connectivity index (χ0n) is 11.2. The predicted octanol–water partition coefficient (Wildman–Crippen LogP) is 1.88. The third-order valence-electron chi connectivity index (χ3n) is 3.06. The fraction of sp³-hybridized carbons (Fsp3) is 0.583. The van der Waals surface area contributed by atoms with Crippen LogP contribution >= 0.6 is 15.9 Å². The van der Waals surface area contributed by atoms with Crippen molar-refractivity contribution < 1.29 is 9.66 Å². The summed E-state index contributed by atoms with van der Waals surface area (Å²) in [4.78, 5) is 16.6. The molecule has 8 heteroatoms. The number of anilines is 1. The first kappa shape index (κ1) is 15.1. The lowest BCUT2D eigenvalue weighted by molar-refractivity contribution is -0.385. The van der Waals surface area contributed by atoms with E-state index in [2.05, 4.69) is 38.1 Å². The van der Waals surface area contributed by atoms with Crippen molar-refractivity contribution in [2.24, 2.45) is 0 Å². The Morgan fingerprint density at radius 3 is 2.90 bits per heavy atom. The molecule has 1 atom stereocenters. The smallest absolute Gasteiger partial charge is 0.288 e. The van der Waals surface area contributed by atoms with Gasteiger partial charge < -0.3 is 10.1 Å². The summed E-state index contributed by atoms with van der Waals surface area (Å²) in [5.74, 6) is 0.622. The number of nitrogens with one attached hydrogen (secondary N) is 1. The molecule has 0 aliphatic carbocycles. The molecule has 110 valence electrons. The minimum Gasteiger partial charge on any atom is -0.379 e. The number of hydrogen-bond acceptors (Lipinski definition) is 6. The van der Waals surface area contributed by atoms with E-state index in [0.29, 0.717) is 10.3 Å². The van der Waals surface area contributed by atoms with Crippen LogP contribution in [0.25, 0.3) is 0 Å². The highest BCUT2D eigenvalue weighted by molar-refractivity contribution is 9.10. The Hall–Kier alpha value is -1.25. The highest BCUT2D eigenvalue weighted by Crippen LogP contribution is 2.24. The van der Waals surface area contributed by atoms with Crippen molar-refractivity contribution in [1.29, 1.82) is 0 Å². The van der Waals surface area contributed by atoms with Crippen molar-refractivity contribution in [3.63, 3.8) is 0 Å². The Morgan fingerprint density at radius 1 is 1.60 bits per heavy atom. The normalized spacial score (nSPS) is 17.7. The van der Waals surface area contributed by atoms with Crippen molar-refractivity contribution >= 4 is 27.4 Å². The van der Waals surface area contributed by atoms with Crippen LogP contribution in [0.3, 0.4) is 0 Å². The van der Waals surface area contributed by atoms with Gasteiger partial charge in [-0.15, -0.1) is 0 Å². The molecule has 7 nitrogen and oxygen atoms in total. The predicted molar refractivity (Wildman–Crippen MR) is 78.9 cm³/mol. The second-order valence-electron chi connectivity index (χ2n) is 4.74. The molecule has 0 radical (unpaired) electrons. The second-order valence-corrected chi connectivity index (χ2v) is 5.59. The molecule has 0 bridgehead atoms. The number of morpholine rings is 1. The number of halogens is 1. The van der Waals surface area contributed by atoms with Gasteiger partial charge >= 0.3 is 0 Å². The number of hydrogen-bond donors (Lipinski definition) is 1. The third-order valence-corrected chi connectivity index (χ3v) is 3.66. The lowest BCUT2D eigenvalue weighted by atomic mass is 10.3. The first-order chi connectivity index (χ1) is 9.56. The molecule has 0 aromatic carbocycles. The molecule has 0 spiro atoms. The van der Waals surface area contributed by atoms with Crippen LogP contribution in [-0.4, -0.2) is 53.7 Å². The topological polar surface area (TPSA) is 80.5 Å². The SMILES string of the molecule is CC(CN1CCOCC1)Nc1ncc([N+](=O)[O-])cc1Br. The van der Waals surface area contributed by atoms with Crippen LogP contribution in [0.5, 0.6) is 0 Å². The molecule has 20 heavy (non-hydrogen) atoms. The lowest BCUT2D eigenvalue weighted by Gasteiger charge is -2.29. The van der Waals surface area contributed by atoms with Gasteiger partial charge in [0, 0.05) is 31.7 Å². The molecule has 1 aliphatic rings. The van der Waals surface area contributed by atoms with Crippen molar-refractivity contribution in [3.05, 3.63) is 26.9 Å². The van der Waals surface area contributed by atoms with Crippen molar-refractivity contribution in [2.75, 3.05) is 38.2 Å².